The molecule has 0 aromatic rings. The maximum atomic E-state index is 11.1. The topological polar surface area (TPSA) is 87.0 Å². The first kappa shape index (κ1) is 14.3. The predicted molar refractivity (Wildman–Crippen MR) is 53.9 cm³/mol. The van der Waals surface area contributed by atoms with Crippen LogP contribution in [0.5, 0.6) is 0 Å². The Morgan fingerprint density at radius 2 is 1.53 bits per heavy atom. The van der Waals surface area contributed by atoms with Crippen LogP contribution in [0, 0.1) is 5.41 Å². The number of ether oxygens (including phenoxy) is 1. The second-order valence-electron chi connectivity index (χ2n) is 5.01. The van der Waals surface area contributed by atoms with Crippen molar-refractivity contribution in [3.05, 3.63) is 0 Å². The Kier molecular flexibility index (Phi) is 3.90. The van der Waals surface area contributed by atoms with Crippen LogP contribution in [0.15, 0.2) is 0 Å². The summed E-state index contributed by atoms with van der Waals surface area (Å²) in [6.45, 7) is 5.98. The lowest BCUT2D eigenvalue weighted by Gasteiger charge is -2.38. The van der Waals surface area contributed by atoms with E-state index in [9.17, 15) is 20.1 Å². The molecule has 0 bridgehead atoms. The first-order valence-corrected chi connectivity index (χ1v) is 4.69. The van der Waals surface area contributed by atoms with Crippen molar-refractivity contribution in [1.29, 1.82) is 0 Å². The smallest absolute Gasteiger partial charge is 0.337 e. The van der Waals surface area contributed by atoms with Crippen LogP contribution in [-0.2, 0) is 9.53 Å². The van der Waals surface area contributed by atoms with E-state index in [2.05, 4.69) is 4.74 Å². The molecule has 0 aromatic heterocycles. The second kappa shape index (κ2) is 4.08. The fraction of sp³-hybridized carbons (Fsp3) is 0.900. The number of esters is 1. The average molecular weight is 220 g/mol. The highest BCUT2D eigenvalue weighted by molar-refractivity contribution is 5.78. The van der Waals surface area contributed by atoms with Crippen molar-refractivity contribution in [2.75, 3.05) is 7.11 Å². The van der Waals surface area contributed by atoms with Gasteiger partial charge in [0, 0.05) is 11.8 Å². The van der Waals surface area contributed by atoms with Crippen LogP contribution in [0.3, 0.4) is 0 Å². The molecule has 5 nitrogen and oxygen atoms in total. The summed E-state index contributed by atoms with van der Waals surface area (Å²) >= 11 is 0. The molecule has 3 N–H and O–H groups in total. The van der Waals surface area contributed by atoms with Gasteiger partial charge in [-0.05, 0) is 6.92 Å². The van der Waals surface area contributed by atoms with Gasteiger partial charge in [-0.2, -0.15) is 0 Å². The van der Waals surface area contributed by atoms with E-state index in [1.54, 1.807) is 20.8 Å². The van der Waals surface area contributed by atoms with Crippen molar-refractivity contribution in [2.45, 2.75) is 45.5 Å². The zero-order chi connectivity index (χ0) is 12.5. The minimum absolute atomic E-state index is 0.504. The average Bonchev–Trinajstić information content (AvgIpc) is 1.98. The molecular formula is C10H20O5. The molecule has 0 heterocycles. The van der Waals surface area contributed by atoms with E-state index >= 15 is 0 Å². The second-order valence-corrected chi connectivity index (χ2v) is 5.01. The SMILES string of the molecule is COC(=O)C(C)(O)CC(O)(O)C(C)(C)C. The van der Waals surface area contributed by atoms with Gasteiger partial charge >= 0.3 is 5.97 Å². The summed E-state index contributed by atoms with van der Waals surface area (Å²) in [5.41, 5.74) is -2.78. The van der Waals surface area contributed by atoms with Crippen LogP contribution in [0.2, 0.25) is 0 Å². The molecule has 0 rings (SSSR count). The maximum Gasteiger partial charge on any atom is 0.337 e. The lowest BCUT2D eigenvalue weighted by molar-refractivity contribution is -0.254. The Hall–Kier alpha value is -0.650. The van der Waals surface area contributed by atoms with E-state index in [0.717, 1.165) is 7.11 Å². The van der Waals surface area contributed by atoms with Gasteiger partial charge in [0.25, 0.3) is 0 Å². The Morgan fingerprint density at radius 3 is 1.80 bits per heavy atom. The molecule has 15 heavy (non-hydrogen) atoms. The number of aliphatic hydroxyl groups is 3. The summed E-state index contributed by atoms with van der Waals surface area (Å²) in [6, 6.07) is 0. The van der Waals surface area contributed by atoms with Gasteiger partial charge in [-0.15, -0.1) is 0 Å². The third-order valence-corrected chi connectivity index (χ3v) is 2.42. The standard InChI is InChI=1S/C10H20O5/c1-8(2,3)10(13,14)6-9(4,12)7(11)15-5/h12-14H,6H2,1-5H3. The highest BCUT2D eigenvalue weighted by Gasteiger charge is 2.46. The molecule has 1 unspecified atom stereocenters. The van der Waals surface area contributed by atoms with Crippen LogP contribution in [0.4, 0.5) is 0 Å². The number of hydrogen-bond acceptors (Lipinski definition) is 5. The van der Waals surface area contributed by atoms with Gasteiger partial charge in [0.15, 0.2) is 11.4 Å². The molecule has 5 heteroatoms. The summed E-state index contributed by atoms with van der Waals surface area (Å²) < 4.78 is 4.36. The quantitative estimate of drug-likeness (QED) is 0.461. The molecule has 0 spiro atoms. The third kappa shape index (κ3) is 3.44. The van der Waals surface area contributed by atoms with E-state index in [1.165, 1.54) is 6.92 Å². The Morgan fingerprint density at radius 1 is 1.13 bits per heavy atom. The number of rotatable bonds is 3. The fourth-order valence-corrected chi connectivity index (χ4v) is 1.04. The third-order valence-electron chi connectivity index (χ3n) is 2.42. The summed E-state index contributed by atoms with van der Waals surface area (Å²) in [6.07, 6.45) is -0.504. The lowest BCUT2D eigenvalue weighted by atomic mass is 9.79. The Labute approximate surface area is 89.7 Å². The normalized spacial score (nSPS) is 17.1. The van der Waals surface area contributed by atoms with Crippen molar-refractivity contribution < 1.29 is 24.9 Å². The minimum Gasteiger partial charge on any atom is -0.467 e. The number of carbonyl (C=O) groups excluding carboxylic acids is 1. The lowest BCUT2D eigenvalue weighted by Crippen LogP contribution is -2.51. The molecule has 0 saturated carbocycles. The number of methoxy groups -OCH3 is 1. The minimum atomic E-state index is -2.15. The van der Waals surface area contributed by atoms with Crippen molar-refractivity contribution in [1.82, 2.24) is 0 Å². The van der Waals surface area contributed by atoms with Gasteiger partial charge < -0.3 is 20.1 Å². The van der Waals surface area contributed by atoms with E-state index in [4.69, 9.17) is 0 Å². The predicted octanol–water partition coefficient (Wildman–Crippen LogP) is 0.0275. The van der Waals surface area contributed by atoms with Crippen LogP contribution in [-0.4, -0.2) is 39.8 Å². The van der Waals surface area contributed by atoms with Gasteiger partial charge in [-0.25, -0.2) is 4.79 Å². The van der Waals surface area contributed by atoms with Crippen LogP contribution in [0.25, 0.3) is 0 Å². The van der Waals surface area contributed by atoms with E-state index in [1.807, 2.05) is 0 Å². The van der Waals surface area contributed by atoms with Gasteiger partial charge in [0.2, 0.25) is 0 Å². The summed E-state index contributed by atoms with van der Waals surface area (Å²) in [4.78, 5) is 11.1. The monoisotopic (exact) mass is 220 g/mol. The molecule has 0 amide bonds. The number of hydrogen-bond donors (Lipinski definition) is 3. The molecule has 0 aliphatic heterocycles. The molecule has 0 aliphatic rings. The summed E-state index contributed by atoms with van der Waals surface area (Å²) in [5.74, 6) is -3.04. The first-order chi connectivity index (χ1) is 6.44. The van der Waals surface area contributed by atoms with Crippen molar-refractivity contribution in [3.63, 3.8) is 0 Å². The van der Waals surface area contributed by atoms with Gasteiger partial charge in [-0.1, -0.05) is 20.8 Å². The van der Waals surface area contributed by atoms with Crippen LogP contribution >= 0.6 is 0 Å². The maximum absolute atomic E-state index is 11.1. The van der Waals surface area contributed by atoms with Crippen molar-refractivity contribution in [3.8, 4) is 0 Å². The molecule has 0 saturated heterocycles. The summed E-state index contributed by atoms with van der Waals surface area (Å²) in [5, 5.41) is 29.1. The highest BCUT2D eigenvalue weighted by Crippen LogP contribution is 2.34. The molecule has 0 radical (unpaired) electrons. The zero-order valence-corrected chi connectivity index (χ0v) is 9.87. The van der Waals surface area contributed by atoms with E-state index in [-0.39, 0.29) is 0 Å². The van der Waals surface area contributed by atoms with E-state index < -0.39 is 29.2 Å². The molecular weight excluding hydrogens is 200 g/mol. The first-order valence-electron chi connectivity index (χ1n) is 4.69. The van der Waals surface area contributed by atoms with E-state index in [0.29, 0.717) is 0 Å². The molecule has 90 valence electrons. The molecule has 0 aromatic carbocycles. The van der Waals surface area contributed by atoms with Gasteiger partial charge in [0.05, 0.1) is 7.11 Å². The summed E-state index contributed by atoms with van der Waals surface area (Å²) in [7, 11) is 1.13. The molecule has 0 aliphatic carbocycles. The van der Waals surface area contributed by atoms with Crippen LogP contribution in [0.1, 0.15) is 34.1 Å². The Bertz CT molecular complexity index is 237. The van der Waals surface area contributed by atoms with Crippen molar-refractivity contribution >= 4 is 5.97 Å². The Balaban J connectivity index is 4.80. The fourth-order valence-electron chi connectivity index (χ4n) is 1.04. The molecule has 0 fully saturated rings. The van der Waals surface area contributed by atoms with Crippen LogP contribution < -0.4 is 0 Å². The zero-order valence-electron chi connectivity index (χ0n) is 9.87. The number of carbonyl (C=O) groups is 1. The van der Waals surface area contributed by atoms with Gasteiger partial charge in [0.1, 0.15) is 0 Å². The van der Waals surface area contributed by atoms with Gasteiger partial charge in [-0.3, -0.25) is 0 Å². The molecule has 1 atom stereocenters. The largest absolute Gasteiger partial charge is 0.467 e. The van der Waals surface area contributed by atoms with Crippen molar-refractivity contribution in [2.24, 2.45) is 5.41 Å². The highest BCUT2D eigenvalue weighted by atomic mass is 16.5.